The lowest BCUT2D eigenvalue weighted by atomic mass is 10.1. The number of aryl methyl sites for hydroxylation is 1. The number of nitrogens with zero attached hydrogens (tertiary/aromatic N) is 3. The molecule has 0 unspecified atom stereocenters. The van der Waals surface area contributed by atoms with Crippen LogP contribution in [-0.2, 0) is 7.05 Å². The van der Waals surface area contributed by atoms with Gasteiger partial charge in [0, 0.05) is 18.0 Å². The molecule has 0 aliphatic heterocycles. The van der Waals surface area contributed by atoms with Gasteiger partial charge in [0.1, 0.15) is 0 Å². The molecule has 0 radical (unpaired) electrons. The van der Waals surface area contributed by atoms with E-state index in [1.165, 1.54) is 7.05 Å². The van der Waals surface area contributed by atoms with Crippen LogP contribution < -0.4 is 11.0 Å². The number of hydrogen-bond acceptors (Lipinski definition) is 5. The third-order valence-electron chi connectivity index (χ3n) is 3.09. The van der Waals surface area contributed by atoms with Crippen LogP contribution in [0.4, 0.5) is 0 Å². The average molecular weight is 312 g/mol. The summed E-state index contributed by atoms with van der Waals surface area (Å²) in [6, 6.07) is 8.77. The zero-order valence-corrected chi connectivity index (χ0v) is 12.5. The standard InChI is InChI=1S/C15H12N4O2S/c1-19-15(21)12-5-3-2-4-11(12)13(18-19)14(20)17-16-8-10-6-7-22-9-10/h2-9H,1H3,(H,17,20)/b16-8+. The molecule has 2 aromatic heterocycles. The molecule has 110 valence electrons. The van der Waals surface area contributed by atoms with Crippen LogP contribution >= 0.6 is 11.3 Å². The summed E-state index contributed by atoms with van der Waals surface area (Å²) in [5.41, 5.74) is 3.26. The molecule has 0 bridgehead atoms. The first-order valence-electron chi connectivity index (χ1n) is 6.48. The highest BCUT2D eigenvalue weighted by Gasteiger charge is 2.14. The molecule has 0 aliphatic rings. The van der Waals surface area contributed by atoms with E-state index < -0.39 is 5.91 Å². The summed E-state index contributed by atoms with van der Waals surface area (Å²) < 4.78 is 1.15. The molecule has 1 N–H and O–H groups in total. The topological polar surface area (TPSA) is 76.3 Å². The molecule has 7 heteroatoms. The molecule has 22 heavy (non-hydrogen) atoms. The molecule has 0 saturated carbocycles. The average Bonchev–Trinajstić information content (AvgIpc) is 3.04. The van der Waals surface area contributed by atoms with Crippen LogP contribution in [0.15, 0.2) is 51.0 Å². The van der Waals surface area contributed by atoms with E-state index in [0.29, 0.717) is 10.8 Å². The lowest BCUT2D eigenvalue weighted by Gasteiger charge is -2.06. The van der Waals surface area contributed by atoms with Crippen molar-refractivity contribution in [1.82, 2.24) is 15.2 Å². The number of rotatable bonds is 3. The molecule has 0 fully saturated rings. The molecule has 1 amide bonds. The van der Waals surface area contributed by atoms with Gasteiger partial charge in [-0.15, -0.1) is 0 Å². The minimum absolute atomic E-state index is 0.167. The predicted octanol–water partition coefficient (Wildman–Crippen LogP) is 1.76. The maximum atomic E-state index is 12.3. The van der Waals surface area contributed by atoms with Crippen LogP contribution in [0.2, 0.25) is 0 Å². The maximum absolute atomic E-state index is 12.3. The summed E-state index contributed by atoms with van der Waals surface area (Å²) in [6.07, 6.45) is 1.55. The van der Waals surface area contributed by atoms with Crippen molar-refractivity contribution in [2.45, 2.75) is 0 Å². The molecule has 0 spiro atoms. The van der Waals surface area contributed by atoms with E-state index in [9.17, 15) is 9.59 Å². The van der Waals surface area contributed by atoms with Crippen LogP contribution in [0.25, 0.3) is 10.8 Å². The first kappa shape index (κ1) is 14.2. The second-order valence-corrected chi connectivity index (χ2v) is 5.36. The van der Waals surface area contributed by atoms with Gasteiger partial charge in [-0.05, 0) is 22.9 Å². The smallest absolute Gasteiger partial charge is 0.267 e. The van der Waals surface area contributed by atoms with Crippen LogP contribution in [-0.4, -0.2) is 21.9 Å². The Morgan fingerprint density at radius 2 is 2.09 bits per heavy atom. The van der Waals surface area contributed by atoms with Crippen molar-refractivity contribution in [1.29, 1.82) is 0 Å². The van der Waals surface area contributed by atoms with Gasteiger partial charge < -0.3 is 0 Å². The molecule has 0 atom stereocenters. The Morgan fingerprint density at radius 3 is 2.82 bits per heavy atom. The van der Waals surface area contributed by atoms with Crippen molar-refractivity contribution < 1.29 is 4.79 Å². The third-order valence-corrected chi connectivity index (χ3v) is 3.80. The van der Waals surface area contributed by atoms with E-state index in [0.717, 1.165) is 10.2 Å². The van der Waals surface area contributed by atoms with E-state index in [1.807, 2.05) is 16.8 Å². The van der Waals surface area contributed by atoms with Gasteiger partial charge in [0.15, 0.2) is 5.69 Å². The minimum Gasteiger partial charge on any atom is -0.267 e. The number of aromatic nitrogens is 2. The Hall–Kier alpha value is -2.80. The highest BCUT2D eigenvalue weighted by atomic mass is 32.1. The minimum atomic E-state index is -0.460. The summed E-state index contributed by atoms with van der Waals surface area (Å²) >= 11 is 1.55. The Kier molecular flexibility index (Phi) is 3.80. The number of fused-ring (bicyclic) bond motifs is 1. The van der Waals surface area contributed by atoms with Crippen molar-refractivity contribution in [2.24, 2.45) is 12.1 Å². The first-order chi connectivity index (χ1) is 10.7. The maximum Gasteiger partial charge on any atom is 0.292 e. The van der Waals surface area contributed by atoms with Gasteiger partial charge in [0.2, 0.25) is 0 Å². The summed E-state index contributed by atoms with van der Waals surface area (Å²) in [6.45, 7) is 0. The molecular formula is C15H12N4O2S. The van der Waals surface area contributed by atoms with Gasteiger partial charge in [0.05, 0.1) is 11.6 Å². The fourth-order valence-electron chi connectivity index (χ4n) is 2.03. The number of amides is 1. The van der Waals surface area contributed by atoms with Gasteiger partial charge >= 0.3 is 0 Å². The number of nitrogens with one attached hydrogen (secondary N) is 1. The third kappa shape index (κ3) is 2.66. The van der Waals surface area contributed by atoms with Gasteiger partial charge in [0.25, 0.3) is 11.5 Å². The summed E-state index contributed by atoms with van der Waals surface area (Å²) in [7, 11) is 1.51. The van der Waals surface area contributed by atoms with Crippen LogP contribution in [0.5, 0.6) is 0 Å². The van der Waals surface area contributed by atoms with Crippen LogP contribution in [0.3, 0.4) is 0 Å². The largest absolute Gasteiger partial charge is 0.292 e. The van der Waals surface area contributed by atoms with E-state index in [2.05, 4.69) is 15.6 Å². The Balaban J connectivity index is 1.94. The highest BCUT2D eigenvalue weighted by molar-refractivity contribution is 7.08. The lowest BCUT2D eigenvalue weighted by molar-refractivity contribution is 0.0950. The normalized spacial score (nSPS) is 11.1. The SMILES string of the molecule is Cn1nc(C(=O)N/N=C/c2ccsc2)c2ccccc2c1=O. The van der Waals surface area contributed by atoms with Crippen molar-refractivity contribution in [3.05, 3.63) is 62.7 Å². The zero-order chi connectivity index (χ0) is 15.5. The van der Waals surface area contributed by atoms with Crippen molar-refractivity contribution in [2.75, 3.05) is 0 Å². The fraction of sp³-hybridized carbons (Fsp3) is 0.0667. The van der Waals surface area contributed by atoms with Gasteiger partial charge in [-0.2, -0.15) is 21.5 Å². The monoisotopic (exact) mass is 312 g/mol. The van der Waals surface area contributed by atoms with Gasteiger partial charge in [-0.1, -0.05) is 18.2 Å². The number of thiophene rings is 1. The number of hydrazone groups is 1. The Bertz CT molecular complexity index is 913. The van der Waals surface area contributed by atoms with E-state index in [1.54, 1.807) is 41.8 Å². The van der Waals surface area contributed by atoms with Crippen LogP contribution in [0.1, 0.15) is 16.1 Å². The molecule has 2 heterocycles. The second-order valence-electron chi connectivity index (χ2n) is 4.58. The first-order valence-corrected chi connectivity index (χ1v) is 7.43. The van der Waals surface area contributed by atoms with Crippen molar-refractivity contribution in [3.8, 4) is 0 Å². The molecule has 0 saturated heterocycles. The Morgan fingerprint density at radius 1 is 1.32 bits per heavy atom. The molecule has 3 aromatic rings. The van der Waals surface area contributed by atoms with Crippen molar-refractivity contribution in [3.63, 3.8) is 0 Å². The highest BCUT2D eigenvalue weighted by Crippen LogP contribution is 2.12. The molecule has 0 aliphatic carbocycles. The number of benzene rings is 1. The van der Waals surface area contributed by atoms with Crippen LogP contribution in [0, 0.1) is 0 Å². The molecular weight excluding hydrogens is 300 g/mol. The van der Waals surface area contributed by atoms with Gasteiger partial charge in [-0.25, -0.2) is 10.1 Å². The van der Waals surface area contributed by atoms with E-state index in [-0.39, 0.29) is 11.3 Å². The number of hydrogen-bond donors (Lipinski definition) is 1. The number of carbonyl (C=O) groups excluding carboxylic acids is 1. The summed E-state index contributed by atoms with van der Waals surface area (Å²) in [5.74, 6) is -0.460. The molecule has 3 rings (SSSR count). The number of carbonyl (C=O) groups is 1. The second kappa shape index (κ2) is 5.90. The predicted molar refractivity (Wildman–Crippen MR) is 86.4 cm³/mol. The zero-order valence-electron chi connectivity index (χ0n) is 11.7. The molecule has 1 aromatic carbocycles. The summed E-state index contributed by atoms with van der Waals surface area (Å²) in [5, 5.41) is 12.7. The van der Waals surface area contributed by atoms with E-state index in [4.69, 9.17) is 0 Å². The summed E-state index contributed by atoms with van der Waals surface area (Å²) in [4.78, 5) is 24.3. The van der Waals surface area contributed by atoms with Gasteiger partial charge in [-0.3, -0.25) is 9.59 Å². The molecule has 6 nitrogen and oxygen atoms in total. The Labute approximate surface area is 129 Å². The quantitative estimate of drug-likeness (QED) is 0.591. The lowest BCUT2D eigenvalue weighted by Crippen LogP contribution is -2.27. The van der Waals surface area contributed by atoms with Crippen molar-refractivity contribution >= 4 is 34.2 Å². The van der Waals surface area contributed by atoms with E-state index >= 15 is 0 Å². The fourth-order valence-corrected chi connectivity index (χ4v) is 2.65.